The summed E-state index contributed by atoms with van der Waals surface area (Å²) in [6.45, 7) is 1.77. The molecular weight excluding hydrogens is 611 g/mol. The minimum Gasteiger partial charge on any atom is -0.489 e. The van der Waals surface area contributed by atoms with Gasteiger partial charge in [-0.05, 0) is 79.2 Å². The highest BCUT2D eigenvalue weighted by molar-refractivity contribution is 6.35. The molecular formula is C35H24Cl2N4O4. The molecule has 0 bridgehead atoms. The van der Waals surface area contributed by atoms with Crippen LogP contribution in [0, 0.1) is 11.3 Å². The zero-order valence-electron chi connectivity index (χ0n) is 23.9. The van der Waals surface area contributed by atoms with Gasteiger partial charge < -0.3 is 9.15 Å². The molecule has 0 N–H and O–H groups in total. The minimum absolute atomic E-state index is 0.0979. The Labute approximate surface area is 269 Å². The van der Waals surface area contributed by atoms with Crippen molar-refractivity contribution in [3.63, 3.8) is 0 Å². The molecule has 0 spiro atoms. The largest absolute Gasteiger partial charge is 0.489 e. The first-order valence-corrected chi connectivity index (χ1v) is 14.6. The van der Waals surface area contributed by atoms with Gasteiger partial charge in [0.25, 0.3) is 11.8 Å². The van der Waals surface area contributed by atoms with E-state index in [0.29, 0.717) is 38.4 Å². The quantitative estimate of drug-likeness (QED) is 0.127. The number of hydrogen-bond acceptors (Lipinski definition) is 6. The molecule has 0 atom stereocenters. The number of furan rings is 1. The second-order valence-electron chi connectivity index (χ2n) is 10.2. The molecule has 0 saturated heterocycles. The number of imide groups is 1. The van der Waals surface area contributed by atoms with Crippen LogP contribution in [0.25, 0.3) is 23.0 Å². The first-order chi connectivity index (χ1) is 21.8. The van der Waals surface area contributed by atoms with Crippen molar-refractivity contribution in [2.24, 2.45) is 0 Å². The third kappa shape index (κ3) is 6.18. The van der Waals surface area contributed by atoms with Crippen molar-refractivity contribution in [2.75, 3.05) is 0 Å². The van der Waals surface area contributed by atoms with Crippen LogP contribution in [0.2, 0.25) is 10.0 Å². The number of carbonyl (C=O) groups excluding carboxylic acids is 2. The number of halogens is 2. The van der Waals surface area contributed by atoms with Gasteiger partial charge in [0.15, 0.2) is 0 Å². The normalized spacial score (nSPS) is 14.3. The Bertz CT molecular complexity index is 2000. The molecule has 2 amide bonds. The summed E-state index contributed by atoms with van der Waals surface area (Å²) in [5.41, 5.74) is 4.00. The SMILES string of the molecule is CC1=C(C#N)C(=O)N(Cc2ccco2)C(=O)/C1=C/c1cn(-c2ccccc2)nc1-c1ccc(OCc2ccc(Cl)cc2Cl)cc1. The molecule has 5 aromatic rings. The van der Waals surface area contributed by atoms with Crippen molar-refractivity contribution >= 4 is 41.1 Å². The number of ether oxygens (including phenoxy) is 1. The summed E-state index contributed by atoms with van der Waals surface area (Å²) in [6, 6.07) is 27.5. The van der Waals surface area contributed by atoms with Crippen LogP contribution in [-0.4, -0.2) is 26.5 Å². The highest BCUT2D eigenvalue weighted by Crippen LogP contribution is 2.33. The van der Waals surface area contributed by atoms with Gasteiger partial charge in [0, 0.05) is 38.5 Å². The lowest BCUT2D eigenvalue weighted by molar-refractivity contribution is -0.141. The minimum atomic E-state index is -0.663. The zero-order chi connectivity index (χ0) is 31.5. The smallest absolute Gasteiger partial charge is 0.272 e. The van der Waals surface area contributed by atoms with Crippen molar-refractivity contribution in [2.45, 2.75) is 20.1 Å². The standard InChI is InChI=1S/C35H24Cl2N4O4/c1-22-30(34(42)40(35(43)31(22)18-38)20-29-8-5-15-44-29)16-25-19-41(27-6-3-2-4-7-27)39-33(25)23-10-13-28(14-11-23)45-21-24-9-12-26(36)17-32(24)37/h2-17,19H,20-21H2,1H3/b30-16+. The van der Waals surface area contributed by atoms with E-state index in [1.165, 1.54) is 6.26 Å². The van der Waals surface area contributed by atoms with Gasteiger partial charge in [0.1, 0.15) is 29.8 Å². The first-order valence-electron chi connectivity index (χ1n) is 13.9. The van der Waals surface area contributed by atoms with Crippen molar-refractivity contribution < 1.29 is 18.7 Å². The van der Waals surface area contributed by atoms with Crippen LogP contribution in [0.5, 0.6) is 5.75 Å². The Morgan fingerprint density at radius 1 is 0.978 bits per heavy atom. The van der Waals surface area contributed by atoms with Crippen molar-refractivity contribution in [1.29, 1.82) is 5.26 Å². The predicted octanol–water partition coefficient (Wildman–Crippen LogP) is 7.81. The van der Waals surface area contributed by atoms with E-state index in [0.717, 1.165) is 21.7 Å². The molecule has 0 unspecified atom stereocenters. The predicted molar refractivity (Wildman–Crippen MR) is 170 cm³/mol. The molecule has 0 radical (unpaired) electrons. The van der Waals surface area contributed by atoms with Crippen LogP contribution in [0.3, 0.4) is 0 Å². The second-order valence-corrected chi connectivity index (χ2v) is 11.1. The zero-order valence-corrected chi connectivity index (χ0v) is 25.4. The fraction of sp³-hybridized carbons (Fsp3) is 0.0857. The van der Waals surface area contributed by atoms with Gasteiger partial charge in [-0.3, -0.25) is 14.5 Å². The summed E-state index contributed by atoms with van der Waals surface area (Å²) in [4.78, 5) is 27.9. The van der Waals surface area contributed by atoms with Crippen molar-refractivity contribution in [3.8, 4) is 28.8 Å². The fourth-order valence-corrected chi connectivity index (χ4v) is 5.39. The van der Waals surface area contributed by atoms with E-state index in [1.54, 1.807) is 41.9 Å². The second kappa shape index (κ2) is 12.7. The van der Waals surface area contributed by atoms with Crippen LogP contribution in [0.1, 0.15) is 23.8 Å². The number of rotatable bonds is 8. The summed E-state index contributed by atoms with van der Waals surface area (Å²) in [7, 11) is 0. The summed E-state index contributed by atoms with van der Waals surface area (Å²) in [6.07, 6.45) is 4.94. The van der Waals surface area contributed by atoms with Crippen LogP contribution >= 0.6 is 23.2 Å². The third-order valence-electron chi connectivity index (χ3n) is 7.32. The molecule has 8 nitrogen and oxygen atoms in total. The molecule has 1 aliphatic heterocycles. The van der Waals surface area contributed by atoms with Gasteiger partial charge in [-0.25, -0.2) is 4.68 Å². The molecule has 0 aliphatic carbocycles. The average Bonchev–Trinajstić information content (AvgIpc) is 3.72. The number of amides is 2. The maximum Gasteiger partial charge on any atom is 0.272 e. The molecule has 3 heterocycles. The molecule has 45 heavy (non-hydrogen) atoms. The molecule has 0 fully saturated rings. The van der Waals surface area contributed by atoms with E-state index in [-0.39, 0.29) is 24.3 Å². The Kier molecular flexibility index (Phi) is 8.39. The van der Waals surface area contributed by atoms with E-state index >= 15 is 0 Å². The Morgan fingerprint density at radius 3 is 2.44 bits per heavy atom. The monoisotopic (exact) mass is 634 g/mol. The molecule has 0 saturated carbocycles. The molecule has 3 aromatic carbocycles. The lowest BCUT2D eigenvalue weighted by Gasteiger charge is -2.26. The molecule has 222 valence electrons. The van der Waals surface area contributed by atoms with Gasteiger partial charge in [-0.1, -0.05) is 47.5 Å². The number of benzene rings is 3. The Morgan fingerprint density at radius 2 is 1.76 bits per heavy atom. The lowest BCUT2D eigenvalue weighted by atomic mass is 9.93. The maximum atomic E-state index is 13.7. The fourth-order valence-electron chi connectivity index (χ4n) is 4.93. The van der Waals surface area contributed by atoms with Gasteiger partial charge in [-0.15, -0.1) is 0 Å². The number of aromatic nitrogens is 2. The molecule has 2 aromatic heterocycles. The number of hydrogen-bond donors (Lipinski definition) is 0. The number of nitrogens with zero attached hydrogens (tertiary/aromatic N) is 4. The molecule has 1 aliphatic rings. The summed E-state index contributed by atoms with van der Waals surface area (Å²) >= 11 is 12.3. The highest BCUT2D eigenvalue weighted by Gasteiger charge is 2.36. The van der Waals surface area contributed by atoms with E-state index in [1.807, 2.05) is 72.9 Å². The van der Waals surface area contributed by atoms with E-state index in [2.05, 4.69) is 0 Å². The van der Waals surface area contributed by atoms with E-state index in [9.17, 15) is 14.9 Å². The van der Waals surface area contributed by atoms with Crippen LogP contribution < -0.4 is 4.74 Å². The van der Waals surface area contributed by atoms with Gasteiger partial charge in [0.05, 0.1) is 24.2 Å². The first kappa shape index (κ1) is 29.7. The Hall–Kier alpha value is -5.36. The number of para-hydroxylation sites is 1. The topological polar surface area (TPSA) is 101 Å². The van der Waals surface area contributed by atoms with Gasteiger partial charge in [0.2, 0.25) is 0 Å². The van der Waals surface area contributed by atoms with Crippen LogP contribution in [0.4, 0.5) is 0 Å². The third-order valence-corrected chi connectivity index (χ3v) is 7.91. The highest BCUT2D eigenvalue weighted by atomic mass is 35.5. The van der Waals surface area contributed by atoms with Gasteiger partial charge in [-0.2, -0.15) is 10.4 Å². The van der Waals surface area contributed by atoms with Gasteiger partial charge >= 0.3 is 0 Å². The van der Waals surface area contributed by atoms with E-state index in [4.69, 9.17) is 37.5 Å². The Balaban J connectivity index is 1.37. The summed E-state index contributed by atoms with van der Waals surface area (Å²) in [5.74, 6) is -0.148. The summed E-state index contributed by atoms with van der Waals surface area (Å²) in [5, 5.41) is 15.8. The van der Waals surface area contributed by atoms with Crippen LogP contribution in [0.15, 0.2) is 119 Å². The lowest BCUT2D eigenvalue weighted by Crippen LogP contribution is -2.42. The van der Waals surface area contributed by atoms with E-state index < -0.39 is 11.8 Å². The molecule has 6 rings (SSSR count). The summed E-state index contributed by atoms with van der Waals surface area (Å²) < 4.78 is 13.0. The van der Waals surface area contributed by atoms with Crippen molar-refractivity contribution in [1.82, 2.24) is 14.7 Å². The molecule has 10 heteroatoms. The number of nitriles is 1. The number of carbonyl (C=O) groups is 2. The van der Waals surface area contributed by atoms with Crippen LogP contribution in [-0.2, 0) is 22.7 Å². The van der Waals surface area contributed by atoms with Crippen molar-refractivity contribution in [3.05, 3.63) is 141 Å². The average molecular weight is 636 g/mol. The maximum absolute atomic E-state index is 13.7.